The predicted molar refractivity (Wildman–Crippen MR) is 97.9 cm³/mol. The first kappa shape index (κ1) is 17.5. The maximum Gasteiger partial charge on any atom is 0.224 e. The van der Waals surface area contributed by atoms with Gasteiger partial charge in [0, 0.05) is 16.6 Å². The van der Waals surface area contributed by atoms with Gasteiger partial charge in [-0.3, -0.25) is 4.79 Å². The van der Waals surface area contributed by atoms with Crippen LogP contribution < -0.4 is 10.1 Å². The van der Waals surface area contributed by atoms with Gasteiger partial charge < -0.3 is 10.1 Å². The van der Waals surface area contributed by atoms with Crippen LogP contribution in [0.4, 0.5) is 5.69 Å². The smallest absolute Gasteiger partial charge is 0.224 e. The lowest BCUT2D eigenvalue weighted by Gasteiger charge is -2.08. The van der Waals surface area contributed by atoms with Gasteiger partial charge in [-0.05, 0) is 48.7 Å². The largest absolute Gasteiger partial charge is 0.494 e. The summed E-state index contributed by atoms with van der Waals surface area (Å²) in [4.78, 5) is 11.9. The number of carbonyl (C=O) groups excluding carboxylic acids is 1. The van der Waals surface area contributed by atoms with E-state index in [0.717, 1.165) is 28.8 Å². The second kappa shape index (κ2) is 9.36. The molecule has 2 rings (SSSR count). The van der Waals surface area contributed by atoms with E-state index in [4.69, 9.17) is 4.74 Å². The normalized spacial score (nSPS) is 10.3. The van der Waals surface area contributed by atoms with Crippen LogP contribution in [0, 0.1) is 0 Å². The van der Waals surface area contributed by atoms with Crippen LogP contribution >= 0.6 is 15.9 Å². The Labute approximate surface area is 146 Å². The topological polar surface area (TPSA) is 38.3 Å². The highest BCUT2D eigenvalue weighted by Gasteiger charge is 2.03. The molecular formula is C19H22BrNO2. The van der Waals surface area contributed by atoms with E-state index in [1.54, 1.807) is 0 Å². The molecule has 0 spiro atoms. The molecule has 23 heavy (non-hydrogen) atoms. The Balaban J connectivity index is 1.67. The minimum atomic E-state index is 0.00462. The SMILES string of the molecule is CCCc1ccc(OCCCC(=O)Nc2cccc(Br)c2)cc1. The molecule has 0 aliphatic rings. The summed E-state index contributed by atoms with van der Waals surface area (Å²) in [6, 6.07) is 15.8. The molecule has 0 heterocycles. The van der Waals surface area contributed by atoms with Crippen LogP contribution in [-0.4, -0.2) is 12.5 Å². The Morgan fingerprint density at radius 2 is 1.96 bits per heavy atom. The third-order valence-electron chi connectivity index (χ3n) is 3.39. The summed E-state index contributed by atoms with van der Waals surface area (Å²) >= 11 is 3.39. The van der Waals surface area contributed by atoms with Crippen molar-refractivity contribution < 1.29 is 9.53 Å². The van der Waals surface area contributed by atoms with Crippen LogP contribution in [0.3, 0.4) is 0 Å². The fourth-order valence-corrected chi connectivity index (χ4v) is 2.65. The molecule has 0 saturated heterocycles. The van der Waals surface area contributed by atoms with E-state index < -0.39 is 0 Å². The maximum atomic E-state index is 11.9. The number of rotatable bonds is 8. The Morgan fingerprint density at radius 1 is 1.17 bits per heavy atom. The van der Waals surface area contributed by atoms with Crippen molar-refractivity contribution in [2.45, 2.75) is 32.6 Å². The van der Waals surface area contributed by atoms with Crippen LogP contribution in [0.2, 0.25) is 0 Å². The van der Waals surface area contributed by atoms with Gasteiger partial charge in [-0.2, -0.15) is 0 Å². The molecule has 2 aromatic carbocycles. The molecule has 0 fully saturated rings. The molecule has 0 unspecified atom stereocenters. The summed E-state index contributed by atoms with van der Waals surface area (Å²) in [7, 11) is 0. The van der Waals surface area contributed by atoms with E-state index in [9.17, 15) is 4.79 Å². The summed E-state index contributed by atoms with van der Waals surface area (Å²) in [5, 5.41) is 2.88. The molecule has 0 aliphatic heterocycles. The molecule has 3 nitrogen and oxygen atoms in total. The first-order valence-corrected chi connectivity index (χ1v) is 8.74. The van der Waals surface area contributed by atoms with Crippen LogP contribution in [-0.2, 0) is 11.2 Å². The van der Waals surface area contributed by atoms with Crippen molar-refractivity contribution in [1.29, 1.82) is 0 Å². The summed E-state index contributed by atoms with van der Waals surface area (Å²) in [5.74, 6) is 0.863. The van der Waals surface area contributed by atoms with E-state index in [1.165, 1.54) is 5.56 Å². The number of nitrogens with one attached hydrogen (secondary N) is 1. The average Bonchev–Trinajstić information content (AvgIpc) is 2.53. The predicted octanol–water partition coefficient (Wildman–Crippen LogP) is 5.20. The van der Waals surface area contributed by atoms with Gasteiger partial charge in [0.1, 0.15) is 5.75 Å². The second-order valence-corrected chi connectivity index (χ2v) is 6.32. The summed E-state index contributed by atoms with van der Waals surface area (Å²) in [6.45, 7) is 2.71. The number of halogens is 1. The van der Waals surface area contributed by atoms with Gasteiger partial charge in [0.05, 0.1) is 6.61 Å². The molecule has 0 aromatic heterocycles. The number of amides is 1. The molecule has 2 aromatic rings. The zero-order valence-corrected chi connectivity index (χ0v) is 14.9. The molecule has 4 heteroatoms. The quantitative estimate of drug-likeness (QED) is 0.643. The van der Waals surface area contributed by atoms with Crippen molar-refractivity contribution in [3.05, 3.63) is 58.6 Å². The number of aryl methyl sites for hydroxylation is 1. The molecule has 0 atom stereocenters. The molecule has 0 saturated carbocycles. The number of benzene rings is 2. The summed E-state index contributed by atoms with van der Waals surface area (Å²) in [5.41, 5.74) is 2.13. The highest BCUT2D eigenvalue weighted by atomic mass is 79.9. The number of anilines is 1. The van der Waals surface area contributed by atoms with Crippen LogP contribution in [0.1, 0.15) is 31.7 Å². The Bertz CT molecular complexity index is 626. The van der Waals surface area contributed by atoms with Gasteiger partial charge >= 0.3 is 0 Å². The van der Waals surface area contributed by atoms with Gasteiger partial charge in [0.2, 0.25) is 5.91 Å². The second-order valence-electron chi connectivity index (χ2n) is 5.40. The lowest BCUT2D eigenvalue weighted by molar-refractivity contribution is -0.116. The maximum absolute atomic E-state index is 11.9. The van der Waals surface area contributed by atoms with Crippen molar-refractivity contribution in [2.24, 2.45) is 0 Å². The van der Waals surface area contributed by atoms with Gasteiger partial charge in [0.25, 0.3) is 0 Å². The Morgan fingerprint density at radius 3 is 2.65 bits per heavy atom. The van der Waals surface area contributed by atoms with Gasteiger partial charge in [-0.15, -0.1) is 0 Å². The molecule has 0 aliphatic carbocycles. The molecule has 0 radical (unpaired) electrons. The Kier molecular flexibility index (Phi) is 7.14. The minimum absolute atomic E-state index is 0.00462. The number of ether oxygens (including phenoxy) is 1. The molecule has 0 bridgehead atoms. The monoisotopic (exact) mass is 375 g/mol. The van der Waals surface area contributed by atoms with Crippen molar-refractivity contribution >= 4 is 27.5 Å². The van der Waals surface area contributed by atoms with Crippen LogP contribution in [0.25, 0.3) is 0 Å². The number of hydrogen-bond acceptors (Lipinski definition) is 2. The van der Waals surface area contributed by atoms with Crippen molar-refractivity contribution in [3.63, 3.8) is 0 Å². The van der Waals surface area contributed by atoms with Crippen molar-refractivity contribution in [1.82, 2.24) is 0 Å². The fraction of sp³-hybridized carbons (Fsp3) is 0.316. The van der Waals surface area contributed by atoms with E-state index in [-0.39, 0.29) is 5.91 Å². The van der Waals surface area contributed by atoms with Crippen LogP contribution in [0.15, 0.2) is 53.0 Å². The third-order valence-corrected chi connectivity index (χ3v) is 3.88. The molecule has 1 N–H and O–H groups in total. The lowest BCUT2D eigenvalue weighted by Crippen LogP contribution is -2.12. The number of carbonyl (C=O) groups is 1. The first-order chi connectivity index (χ1) is 11.2. The van der Waals surface area contributed by atoms with Gasteiger partial charge in [-0.1, -0.05) is 47.5 Å². The summed E-state index contributed by atoms with van der Waals surface area (Å²) in [6.07, 6.45) is 3.38. The summed E-state index contributed by atoms with van der Waals surface area (Å²) < 4.78 is 6.62. The molecular weight excluding hydrogens is 354 g/mol. The number of hydrogen-bond donors (Lipinski definition) is 1. The van der Waals surface area contributed by atoms with Crippen LogP contribution in [0.5, 0.6) is 5.75 Å². The highest BCUT2D eigenvalue weighted by molar-refractivity contribution is 9.10. The lowest BCUT2D eigenvalue weighted by atomic mass is 10.1. The fourth-order valence-electron chi connectivity index (χ4n) is 2.25. The van der Waals surface area contributed by atoms with Gasteiger partial charge in [-0.25, -0.2) is 0 Å². The highest BCUT2D eigenvalue weighted by Crippen LogP contribution is 2.16. The first-order valence-electron chi connectivity index (χ1n) is 7.94. The average molecular weight is 376 g/mol. The van der Waals surface area contributed by atoms with Crippen molar-refractivity contribution in [2.75, 3.05) is 11.9 Å². The molecule has 122 valence electrons. The van der Waals surface area contributed by atoms with Gasteiger partial charge in [0.15, 0.2) is 0 Å². The zero-order chi connectivity index (χ0) is 16.5. The third kappa shape index (κ3) is 6.45. The van der Waals surface area contributed by atoms with Crippen molar-refractivity contribution in [3.8, 4) is 5.75 Å². The van der Waals surface area contributed by atoms with E-state index in [1.807, 2.05) is 36.4 Å². The zero-order valence-electron chi connectivity index (χ0n) is 13.3. The minimum Gasteiger partial charge on any atom is -0.494 e. The standard InChI is InChI=1S/C19H22BrNO2/c1-2-5-15-9-11-18(12-10-15)23-13-4-8-19(22)21-17-7-3-6-16(20)14-17/h3,6-7,9-12,14H,2,4-5,8,13H2,1H3,(H,21,22). The van der Waals surface area contributed by atoms with E-state index >= 15 is 0 Å². The molecule has 1 amide bonds. The Hall–Kier alpha value is -1.81. The van der Waals surface area contributed by atoms with E-state index in [0.29, 0.717) is 19.4 Å². The van der Waals surface area contributed by atoms with E-state index in [2.05, 4.69) is 40.3 Å².